The van der Waals surface area contributed by atoms with Crippen LogP contribution in [0, 0.1) is 6.92 Å². The van der Waals surface area contributed by atoms with Crippen molar-refractivity contribution in [1.82, 2.24) is 4.98 Å². The van der Waals surface area contributed by atoms with Crippen LogP contribution in [0.25, 0.3) is 10.9 Å². The van der Waals surface area contributed by atoms with E-state index in [0.717, 1.165) is 5.56 Å². The molecule has 0 bridgehead atoms. The SMILES string of the molecule is COc1cc2ncc(C(N)=O)c(Nc3cccc(C(N)C=O)c3C)c2cc1OC. The molecule has 0 aliphatic heterocycles. The smallest absolute Gasteiger partial charge is 0.252 e. The number of anilines is 2. The minimum absolute atomic E-state index is 0.217. The minimum Gasteiger partial charge on any atom is -0.493 e. The predicted molar refractivity (Wildman–Crippen MR) is 111 cm³/mol. The Morgan fingerprint density at radius 2 is 1.90 bits per heavy atom. The highest BCUT2D eigenvalue weighted by Crippen LogP contribution is 2.37. The van der Waals surface area contributed by atoms with Crippen molar-refractivity contribution in [2.45, 2.75) is 13.0 Å². The summed E-state index contributed by atoms with van der Waals surface area (Å²) in [5.74, 6) is 0.371. The molecule has 1 amide bonds. The van der Waals surface area contributed by atoms with Crippen LogP contribution in [0.1, 0.15) is 27.5 Å². The van der Waals surface area contributed by atoms with Gasteiger partial charge in [0.05, 0.1) is 37.0 Å². The first kappa shape index (κ1) is 20.1. The van der Waals surface area contributed by atoms with Crippen molar-refractivity contribution in [2.75, 3.05) is 19.5 Å². The fraction of sp³-hybridized carbons (Fsp3) is 0.190. The number of pyridine rings is 1. The molecule has 5 N–H and O–H groups in total. The summed E-state index contributed by atoms with van der Waals surface area (Å²) in [7, 11) is 3.06. The molecule has 29 heavy (non-hydrogen) atoms. The van der Waals surface area contributed by atoms with Crippen LogP contribution in [0.4, 0.5) is 11.4 Å². The Hall–Kier alpha value is -3.65. The molecule has 0 fully saturated rings. The van der Waals surface area contributed by atoms with Crippen molar-refractivity contribution < 1.29 is 19.1 Å². The van der Waals surface area contributed by atoms with E-state index in [-0.39, 0.29) is 5.56 Å². The quantitative estimate of drug-likeness (QED) is 0.525. The van der Waals surface area contributed by atoms with Crippen LogP contribution in [0.2, 0.25) is 0 Å². The molecule has 8 nitrogen and oxygen atoms in total. The van der Waals surface area contributed by atoms with Gasteiger partial charge < -0.3 is 31.1 Å². The van der Waals surface area contributed by atoms with Gasteiger partial charge in [-0.15, -0.1) is 0 Å². The molecule has 8 heteroatoms. The summed E-state index contributed by atoms with van der Waals surface area (Å²) in [6.07, 6.45) is 2.09. The summed E-state index contributed by atoms with van der Waals surface area (Å²) >= 11 is 0. The van der Waals surface area contributed by atoms with Gasteiger partial charge in [-0.1, -0.05) is 12.1 Å². The first-order valence-electron chi connectivity index (χ1n) is 8.83. The zero-order valence-corrected chi connectivity index (χ0v) is 16.4. The number of nitrogens with one attached hydrogen (secondary N) is 1. The number of amides is 1. The number of hydrogen-bond acceptors (Lipinski definition) is 7. The number of nitrogens with two attached hydrogens (primary N) is 2. The summed E-state index contributed by atoms with van der Waals surface area (Å²) in [5.41, 5.74) is 14.9. The van der Waals surface area contributed by atoms with E-state index in [0.29, 0.717) is 45.6 Å². The highest BCUT2D eigenvalue weighted by Gasteiger charge is 2.18. The Morgan fingerprint density at radius 1 is 1.21 bits per heavy atom. The maximum absolute atomic E-state index is 12.1. The van der Waals surface area contributed by atoms with Gasteiger partial charge in [0.25, 0.3) is 5.91 Å². The van der Waals surface area contributed by atoms with Crippen LogP contribution in [-0.2, 0) is 4.79 Å². The number of benzene rings is 2. The van der Waals surface area contributed by atoms with Gasteiger partial charge in [-0.3, -0.25) is 9.78 Å². The third-order valence-corrected chi connectivity index (χ3v) is 4.78. The number of ether oxygens (including phenoxy) is 2. The van der Waals surface area contributed by atoms with Crippen molar-refractivity contribution in [3.05, 3.63) is 53.2 Å². The van der Waals surface area contributed by atoms with E-state index in [4.69, 9.17) is 20.9 Å². The van der Waals surface area contributed by atoms with Crippen LogP contribution < -0.4 is 26.3 Å². The van der Waals surface area contributed by atoms with Crippen molar-refractivity contribution >= 4 is 34.5 Å². The van der Waals surface area contributed by atoms with Gasteiger partial charge in [0, 0.05) is 23.3 Å². The fourth-order valence-electron chi connectivity index (χ4n) is 3.20. The maximum atomic E-state index is 12.1. The Balaban J connectivity index is 2.24. The lowest BCUT2D eigenvalue weighted by atomic mass is 10.0. The first-order chi connectivity index (χ1) is 13.9. The topological polar surface area (TPSA) is 130 Å². The molecule has 1 aromatic heterocycles. The number of nitrogens with zero attached hydrogens (tertiary/aromatic N) is 1. The maximum Gasteiger partial charge on any atom is 0.252 e. The molecule has 0 spiro atoms. The van der Waals surface area contributed by atoms with Crippen LogP contribution >= 0.6 is 0 Å². The molecule has 0 radical (unpaired) electrons. The predicted octanol–water partition coefficient (Wildman–Crippen LogP) is 2.60. The highest BCUT2D eigenvalue weighted by atomic mass is 16.5. The Bertz CT molecular complexity index is 1100. The van der Waals surface area contributed by atoms with Crippen LogP contribution in [-0.4, -0.2) is 31.4 Å². The number of carbonyl (C=O) groups is 2. The van der Waals surface area contributed by atoms with Crippen molar-refractivity contribution in [3.8, 4) is 11.5 Å². The largest absolute Gasteiger partial charge is 0.493 e. The Morgan fingerprint density at radius 3 is 2.52 bits per heavy atom. The Kier molecular flexibility index (Phi) is 5.65. The number of carbonyl (C=O) groups excluding carboxylic acids is 2. The molecule has 0 saturated heterocycles. The van der Waals surface area contributed by atoms with E-state index in [1.807, 2.05) is 13.0 Å². The molecule has 1 atom stereocenters. The van der Waals surface area contributed by atoms with Gasteiger partial charge in [0.2, 0.25) is 0 Å². The molecule has 3 aromatic rings. The third-order valence-electron chi connectivity index (χ3n) is 4.78. The van der Waals surface area contributed by atoms with Crippen molar-refractivity contribution in [2.24, 2.45) is 11.5 Å². The number of aldehydes is 1. The van der Waals surface area contributed by atoms with Gasteiger partial charge in [0.15, 0.2) is 11.5 Å². The lowest BCUT2D eigenvalue weighted by molar-refractivity contribution is -0.109. The average Bonchev–Trinajstić information content (AvgIpc) is 2.73. The number of primary amides is 1. The molecule has 1 heterocycles. The molecule has 2 aromatic carbocycles. The second kappa shape index (κ2) is 8.15. The normalized spacial score (nSPS) is 11.7. The standard InChI is InChI=1S/C21H22N4O4/c1-11-12(15(22)10-26)5-4-6-16(11)25-20-13-7-18(28-2)19(29-3)8-17(13)24-9-14(20)21(23)27/h4-10,15H,22H2,1-3H3,(H2,23,27)(H,24,25). The van der Waals surface area contributed by atoms with Gasteiger partial charge in [-0.25, -0.2) is 0 Å². The summed E-state index contributed by atoms with van der Waals surface area (Å²) in [5, 5.41) is 3.89. The van der Waals surface area contributed by atoms with Crippen LogP contribution in [0.15, 0.2) is 36.5 Å². The number of fused-ring (bicyclic) bond motifs is 1. The number of rotatable bonds is 7. The van der Waals surface area contributed by atoms with E-state index in [2.05, 4.69) is 10.3 Å². The molecular weight excluding hydrogens is 372 g/mol. The third kappa shape index (κ3) is 3.70. The molecule has 0 saturated carbocycles. The van der Waals surface area contributed by atoms with E-state index < -0.39 is 11.9 Å². The van der Waals surface area contributed by atoms with E-state index >= 15 is 0 Å². The molecule has 0 aliphatic carbocycles. The first-order valence-corrected chi connectivity index (χ1v) is 8.83. The summed E-state index contributed by atoms with van der Waals surface area (Å²) in [6.45, 7) is 1.85. The second-order valence-corrected chi connectivity index (χ2v) is 6.44. The van der Waals surface area contributed by atoms with Crippen LogP contribution in [0.5, 0.6) is 11.5 Å². The zero-order chi connectivity index (χ0) is 21.1. The number of methoxy groups -OCH3 is 2. The van der Waals surface area contributed by atoms with Gasteiger partial charge >= 0.3 is 0 Å². The zero-order valence-electron chi connectivity index (χ0n) is 16.4. The molecule has 1 unspecified atom stereocenters. The highest BCUT2D eigenvalue weighted by molar-refractivity contribution is 6.08. The summed E-state index contributed by atoms with van der Waals surface area (Å²) < 4.78 is 10.7. The summed E-state index contributed by atoms with van der Waals surface area (Å²) in [6, 6.07) is 8.10. The van der Waals surface area contributed by atoms with Gasteiger partial charge in [0.1, 0.15) is 6.29 Å². The van der Waals surface area contributed by atoms with Crippen molar-refractivity contribution in [1.29, 1.82) is 0 Å². The summed E-state index contributed by atoms with van der Waals surface area (Å²) in [4.78, 5) is 27.5. The van der Waals surface area contributed by atoms with Crippen LogP contribution in [0.3, 0.4) is 0 Å². The number of hydrogen-bond donors (Lipinski definition) is 3. The lowest BCUT2D eigenvalue weighted by Gasteiger charge is -2.18. The van der Waals surface area contributed by atoms with Gasteiger partial charge in [-0.2, -0.15) is 0 Å². The van der Waals surface area contributed by atoms with Gasteiger partial charge in [-0.05, 0) is 30.2 Å². The van der Waals surface area contributed by atoms with Crippen molar-refractivity contribution in [3.63, 3.8) is 0 Å². The van der Waals surface area contributed by atoms with E-state index in [1.165, 1.54) is 20.4 Å². The fourth-order valence-corrected chi connectivity index (χ4v) is 3.20. The molecule has 3 rings (SSSR count). The van der Waals surface area contributed by atoms with E-state index in [9.17, 15) is 9.59 Å². The molecular formula is C21H22N4O4. The Labute approximate surface area is 167 Å². The molecule has 150 valence electrons. The van der Waals surface area contributed by atoms with E-state index in [1.54, 1.807) is 24.3 Å². The number of aromatic nitrogens is 1. The minimum atomic E-state index is -0.745. The lowest BCUT2D eigenvalue weighted by Crippen LogP contribution is -2.16. The average molecular weight is 394 g/mol. The molecule has 0 aliphatic rings. The second-order valence-electron chi connectivity index (χ2n) is 6.44. The monoisotopic (exact) mass is 394 g/mol.